The fourth-order valence-electron chi connectivity index (χ4n) is 1.17. The van der Waals surface area contributed by atoms with Crippen molar-refractivity contribution in [2.75, 3.05) is 6.54 Å². The van der Waals surface area contributed by atoms with Crippen molar-refractivity contribution in [2.24, 2.45) is 0 Å². The van der Waals surface area contributed by atoms with Crippen molar-refractivity contribution in [3.8, 4) is 0 Å². The molecule has 0 fully saturated rings. The number of nitrogens with one attached hydrogen (secondary N) is 1. The lowest BCUT2D eigenvalue weighted by Gasteiger charge is -2.02. The van der Waals surface area contributed by atoms with E-state index < -0.39 is 0 Å². The van der Waals surface area contributed by atoms with E-state index in [0.29, 0.717) is 6.54 Å². The fourth-order valence-corrected chi connectivity index (χ4v) is 1.17. The predicted molar refractivity (Wildman–Crippen MR) is 53.8 cm³/mol. The Morgan fingerprint density at radius 1 is 1.20 bits per heavy atom. The largest absolute Gasteiger partial charge is 0.308 e. The Morgan fingerprint density at radius 2 is 2.07 bits per heavy atom. The van der Waals surface area contributed by atoms with Gasteiger partial charge in [0.05, 0.1) is 19.3 Å². The van der Waals surface area contributed by atoms with Gasteiger partial charge in [0.25, 0.3) is 0 Å². The van der Waals surface area contributed by atoms with Crippen molar-refractivity contribution in [3.05, 3.63) is 36.7 Å². The van der Waals surface area contributed by atoms with Crippen LogP contribution in [-0.4, -0.2) is 31.5 Å². The summed E-state index contributed by atoms with van der Waals surface area (Å²) in [4.78, 5) is 8.21. The topological polar surface area (TPSA) is 68.5 Å². The maximum atomic E-state index is 4.10. The summed E-state index contributed by atoms with van der Waals surface area (Å²) in [6.45, 7) is 2.30. The molecule has 0 aliphatic heterocycles. The Morgan fingerprint density at radius 3 is 2.80 bits per heavy atom. The van der Waals surface area contributed by atoms with Crippen LogP contribution in [0.4, 0.5) is 0 Å². The molecule has 0 saturated carbocycles. The third-order valence-corrected chi connectivity index (χ3v) is 1.89. The minimum atomic E-state index is 0.676. The SMILES string of the molecule is c1cnc(CNCCn2ccnn2)nc1. The summed E-state index contributed by atoms with van der Waals surface area (Å²) >= 11 is 0. The molecule has 15 heavy (non-hydrogen) atoms. The zero-order valence-electron chi connectivity index (χ0n) is 8.24. The second-order valence-corrected chi connectivity index (χ2v) is 3.01. The zero-order chi connectivity index (χ0) is 10.3. The van der Waals surface area contributed by atoms with Crippen LogP contribution in [-0.2, 0) is 13.1 Å². The van der Waals surface area contributed by atoms with Crippen LogP contribution in [0.2, 0.25) is 0 Å². The summed E-state index contributed by atoms with van der Waals surface area (Å²) in [7, 11) is 0. The van der Waals surface area contributed by atoms with Crippen molar-refractivity contribution >= 4 is 0 Å². The number of nitrogens with zero attached hydrogens (tertiary/aromatic N) is 5. The smallest absolute Gasteiger partial charge is 0.141 e. The molecule has 0 spiro atoms. The van der Waals surface area contributed by atoms with E-state index >= 15 is 0 Å². The highest BCUT2D eigenvalue weighted by Crippen LogP contribution is 1.86. The Kier molecular flexibility index (Phi) is 3.34. The van der Waals surface area contributed by atoms with E-state index in [4.69, 9.17) is 0 Å². The van der Waals surface area contributed by atoms with Crippen molar-refractivity contribution in [3.63, 3.8) is 0 Å². The number of rotatable bonds is 5. The molecule has 0 saturated heterocycles. The summed E-state index contributed by atoms with van der Waals surface area (Å²) in [6.07, 6.45) is 6.98. The third kappa shape index (κ3) is 3.10. The molecular formula is C9H12N6. The molecule has 0 aromatic carbocycles. The average Bonchev–Trinajstić information content (AvgIpc) is 2.79. The minimum absolute atomic E-state index is 0.676. The van der Waals surface area contributed by atoms with Gasteiger partial charge < -0.3 is 5.32 Å². The monoisotopic (exact) mass is 204 g/mol. The van der Waals surface area contributed by atoms with Crippen molar-refractivity contribution in [1.82, 2.24) is 30.3 Å². The first-order chi connectivity index (χ1) is 7.45. The van der Waals surface area contributed by atoms with Gasteiger partial charge in [0, 0.05) is 25.1 Å². The highest BCUT2D eigenvalue weighted by molar-refractivity contribution is 4.87. The highest BCUT2D eigenvalue weighted by Gasteiger charge is 1.94. The van der Waals surface area contributed by atoms with E-state index in [1.807, 2.05) is 6.20 Å². The van der Waals surface area contributed by atoms with E-state index in [-0.39, 0.29) is 0 Å². The van der Waals surface area contributed by atoms with Gasteiger partial charge in [0.1, 0.15) is 5.82 Å². The van der Waals surface area contributed by atoms with Gasteiger partial charge in [-0.15, -0.1) is 5.10 Å². The summed E-state index contributed by atoms with van der Waals surface area (Å²) < 4.78 is 1.78. The molecule has 0 bridgehead atoms. The fraction of sp³-hybridized carbons (Fsp3) is 0.333. The summed E-state index contributed by atoms with van der Waals surface area (Å²) in [5.74, 6) is 0.802. The first-order valence-electron chi connectivity index (χ1n) is 4.76. The maximum Gasteiger partial charge on any atom is 0.141 e. The van der Waals surface area contributed by atoms with Gasteiger partial charge in [-0.25, -0.2) is 9.97 Å². The molecule has 0 radical (unpaired) electrons. The number of aromatic nitrogens is 5. The lowest BCUT2D eigenvalue weighted by molar-refractivity contribution is 0.534. The molecule has 2 aromatic rings. The zero-order valence-corrected chi connectivity index (χ0v) is 8.24. The van der Waals surface area contributed by atoms with Crippen LogP contribution in [0, 0.1) is 0 Å². The molecular weight excluding hydrogens is 192 g/mol. The maximum absolute atomic E-state index is 4.10. The van der Waals surface area contributed by atoms with Gasteiger partial charge in [-0.2, -0.15) is 0 Å². The van der Waals surface area contributed by atoms with Crippen molar-refractivity contribution in [1.29, 1.82) is 0 Å². The van der Waals surface area contributed by atoms with Crippen LogP contribution in [0.3, 0.4) is 0 Å². The number of hydrogen-bond acceptors (Lipinski definition) is 5. The van der Waals surface area contributed by atoms with Crippen molar-refractivity contribution < 1.29 is 0 Å². The van der Waals surface area contributed by atoms with Crippen molar-refractivity contribution in [2.45, 2.75) is 13.1 Å². The van der Waals surface area contributed by atoms with Crippen LogP contribution < -0.4 is 5.32 Å². The van der Waals surface area contributed by atoms with Crippen LogP contribution >= 0.6 is 0 Å². The van der Waals surface area contributed by atoms with Gasteiger partial charge in [0.15, 0.2) is 0 Å². The Hall–Kier alpha value is -1.82. The molecule has 0 unspecified atom stereocenters. The Balaban J connectivity index is 1.68. The quantitative estimate of drug-likeness (QED) is 0.686. The molecule has 6 nitrogen and oxygen atoms in total. The molecule has 0 aliphatic rings. The molecule has 0 amide bonds. The standard InChI is InChI=1S/C9H12N6/c1-2-11-9(12-3-1)8-10-4-6-15-7-5-13-14-15/h1-3,5,7,10H,4,6,8H2. The summed E-state index contributed by atoms with van der Waals surface area (Å²) in [5, 5.41) is 10.8. The molecule has 2 aromatic heterocycles. The van der Waals surface area contributed by atoms with Gasteiger partial charge >= 0.3 is 0 Å². The Bertz CT molecular complexity index is 371. The summed E-state index contributed by atoms with van der Waals surface area (Å²) in [6, 6.07) is 1.80. The van der Waals surface area contributed by atoms with Gasteiger partial charge in [-0.05, 0) is 6.07 Å². The van der Waals surface area contributed by atoms with Crippen LogP contribution in [0.1, 0.15) is 5.82 Å². The van der Waals surface area contributed by atoms with Gasteiger partial charge in [-0.3, -0.25) is 4.68 Å². The van der Waals surface area contributed by atoms with Crippen LogP contribution in [0.25, 0.3) is 0 Å². The average molecular weight is 204 g/mol. The Labute approximate surface area is 87.4 Å². The third-order valence-electron chi connectivity index (χ3n) is 1.89. The molecule has 0 atom stereocenters. The van der Waals surface area contributed by atoms with E-state index in [1.54, 1.807) is 29.3 Å². The minimum Gasteiger partial charge on any atom is -0.308 e. The molecule has 6 heteroatoms. The van der Waals surface area contributed by atoms with Crippen LogP contribution in [0.15, 0.2) is 30.9 Å². The normalized spacial score (nSPS) is 10.4. The van der Waals surface area contributed by atoms with E-state index in [1.165, 1.54) is 0 Å². The summed E-state index contributed by atoms with van der Waals surface area (Å²) in [5.41, 5.74) is 0. The highest BCUT2D eigenvalue weighted by atomic mass is 15.4. The molecule has 78 valence electrons. The van der Waals surface area contributed by atoms with Gasteiger partial charge in [-0.1, -0.05) is 5.21 Å². The van der Waals surface area contributed by atoms with E-state index in [0.717, 1.165) is 18.9 Å². The first kappa shape index (κ1) is 9.72. The number of hydrogen-bond donors (Lipinski definition) is 1. The van der Waals surface area contributed by atoms with Crippen LogP contribution in [0.5, 0.6) is 0 Å². The second-order valence-electron chi connectivity index (χ2n) is 3.01. The van der Waals surface area contributed by atoms with E-state index in [9.17, 15) is 0 Å². The molecule has 1 N–H and O–H groups in total. The first-order valence-corrected chi connectivity index (χ1v) is 4.76. The molecule has 2 heterocycles. The van der Waals surface area contributed by atoms with E-state index in [2.05, 4.69) is 25.6 Å². The molecule has 2 rings (SSSR count). The lowest BCUT2D eigenvalue weighted by atomic mass is 10.5. The lowest BCUT2D eigenvalue weighted by Crippen LogP contribution is -2.20. The molecule has 0 aliphatic carbocycles. The second kappa shape index (κ2) is 5.16. The van der Waals surface area contributed by atoms with Gasteiger partial charge in [0.2, 0.25) is 0 Å². The predicted octanol–water partition coefficient (Wildman–Crippen LogP) is -0.142.